The molecule has 1 atom stereocenters. The molecule has 1 aromatic carbocycles. The highest BCUT2D eigenvalue weighted by Crippen LogP contribution is 2.37. The number of halogens is 1. The van der Waals surface area contributed by atoms with Crippen LogP contribution in [-0.4, -0.2) is 61.7 Å². The summed E-state index contributed by atoms with van der Waals surface area (Å²) in [5, 5.41) is 3.86. The second-order valence-electron chi connectivity index (χ2n) is 7.98. The van der Waals surface area contributed by atoms with Crippen LogP contribution in [0.1, 0.15) is 38.2 Å². The van der Waals surface area contributed by atoms with Gasteiger partial charge in [-0.05, 0) is 49.4 Å². The number of nitrogens with zero attached hydrogens (tertiary/aromatic N) is 2. The lowest BCUT2D eigenvalue weighted by Gasteiger charge is -2.42. The molecule has 1 aliphatic carbocycles. The quantitative estimate of drug-likeness (QED) is 0.796. The van der Waals surface area contributed by atoms with E-state index in [4.69, 9.17) is 0 Å². The molecule has 134 valence electrons. The van der Waals surface area contributed by atoms with Gasteiger partial charge in [-0.15, -0.1) is 0 Å². The van der Waals surface area contributed by atoms with Gasteiger partial charge in [-0.25, -0.2) is 0 Å². The standard InChI is InChI=1S/C20H32BrN3/c1-15(2)20(24-10-8-23(3)9-11-24)14-22-19-12-17(13-19)16-4-6-18(21)7-5-16/h4-7,15,17,19-20,22H,8-14H2,1-3H3. The van der Waals surface area contributed by atoms with Crippen molar-refractivity contribution in [3.63, 3.8) is 0 Å². The Labute approximate surface area is 155 Å². The Morgan fingerprint density at radius 1 is 1.08 bits per heavy atom. The molecule has 0 bridgehead atoms. The SMILES string of the molecule is CC(C)C(CNC1CC(c2ccc(Br)cc2)C1)N1CCN(C)CC1. The van der Waals surface area contributed by atoms with Gasteiger partial charge in [-0.3, -0.25) is 4.90 Å². The average molecular weight is 394 g/mol. The Bertz CT molecular complexity index is 502. The molecule has 1 heterocycles. The molecule has 1 unspecified atom stereocenters. The predicted octanol–water partition coefficient (Wildman–Crippen LogP) is 3.56. The fraction of sp³-hybridized carbons (Fsp3) is 0.700. The number of rotatable bonds is 6. The van der Waals surface area contributed by atoms with E-state index >= 15 is 0 Å². The first kappa shape index (κ1) is 18.4. The largest absolute Gasteiger partial charge is 0.312 e. The molecular formula is C20H32BrN3. The molecule has 3 nitrogen and oxygen atoms in total. The molecular weight excluding hydrogens is 362 g/mol. The van der Waals surface area contributed by atoms with E-state index in [1.54, 1.807) is 0 Å². The van der Waals surface area contributed by atoms with Gasteiger partial charge in [0.15, 0.2) is 0 Å². The van der Waals surface area contributed by atoms with Crippen molar-refractivity contribution in [2.24, 2.45) is 5.92 Å². The van der Waals surface area contributed by atoms with Gasteiger partial charge in [0.2, 0.25) is 0 Å². The Balaban J connectivity index is 1.44. The minimum absolute atomic E-state index is 0.672. The zero-order chi connectivity index (χ0) is 17.1. The summed E-state index contributed by atoms with van der Waals surface area (Å²) in [5.74, 6) is 1.46. The van der Waals surface area contributed by atoms with E-state index in [1.165, 1.54) is 49.1 Å². The van der Waals surface area contributed by atoms with Crippen molar-refractivity contribution >= 4 is 15.9 Å². The average Bonchev–Trinajstić information content (AvgIpc) is 2.52. The van der Waals surface area contributed by atoms with E-state index < -0.39 is 0 Å². The van der Waals surface area contributed by atoms with Crippen molar-refractivity contribution < 1.29 is 0 Å². The third kappa shape index (κ3) is 4.60. The van der Waals surface area contributed by atoms with E-state index in [9.17, 15) is 0 Å². The van der Waals surface area contributed by atoms with Gasteiger partial charge in [0.05, 0.1) is 0 Å². The zero-order valence-electron chi connectivity index (χ0n) is 15.3. The van der Waals surface area contributed by atoms with Crippen LogP contribution in [0, 0.1) is 5.92 Å². The summed E-state index contributed by atoms with van der Waals surface area (Å²) < 4.78 is 1.17. The number of piperazine rings is 1. The van der Waals surface area contributed by atoms with Gasteiger partial charge < -0.3 is 10.2 Å². The molecule has 3 rings (SSSR count). The summed E-state index contributed by atoms with van der Waals surface area (Å²) in [6, 6.07) is 10.2. The third-order valence-electron chi connectivity index (χ3n) is 5.87. The molecule has 0 spiro atoms. The van der Waals surface area contributed by atoms with Gasteiger partial charge in [-0.1, -0.05) is 41.9 Å². The predicted molar refractivity (Wildman–Crippen MR) is 106 cm³/mol. The molecule has 2 fully saturated rings. The molecule has 0 amide bonds. The van der Waals surface area contributed by atoms with Gasteiger partial charge >= 0.3 is 0 Å². The van der Waals surface area contributed by atoms with Crippen LogP contribution in [0.4, 0.5) is 0 Å². The first-order chi connectivity index (χ1) is 11.5. The van der Waals surface area contributed by atoms with Crippen molar-refractivity contribution in [2.45, 2.75) is 44.7 Å². The van der Waals surface area contributed by atoms with Crippen molar-refractivity contribution in [3.8, 4) is 0 Å². The maximum absolute atomic E-state index is 3.86. The third-order valence-corrected chi connectivity index (χ3v) is 6.40. The van der Waals surface area contributed by atoms with Crippen molar-refractivity contribution in [1.82, 2.24) is 15.1 Å². The first-order valence-electron chi connectivity index (χ1n) is 9.44. The molecule has 1 aromatic rings. The molecule has 1 saturated carbocycles. The highest BCUT2D eigenvalue weighted by Gasteiger charge is 2.32. The van der Waals surface area contributed by atoms with Crippen molar-refractivity contribution in [3.05, 3.63) is 34.3 Å². The zero-order valence-corrected chi connectivity index (χ0v) is 16.9. The molecule has 24 heavy (non-hydrogen) atoms. The number of benzene rings is 1. The summed E-state index contributed by atoms with van der Waals surface area (Å²) in [5.41, 5.74) is 1.50. The van der Waals surface area contributed by atoms with E-state index in [0.29, 0.717) is 18.0 Å². The Hall–Kier alpha value is -0.420. The van der Waals surface area contributed by atoms with Crippen LogP contribution in [0.25, 0.3) is 0 Å². The van der Waals surface area contributed by atoms with Crippen LogP contribution in [0.2, 0.25) is 0 Å². The number of hydrogen-bond acceptors (Lipinski definition) is 3. The summed E-state index contributed by atoms with van der Waals surface area (Å²) >= 11 is 3.52. The number of hydrogen-bond donors (Lipinski definition) is 1. The molecule has 1 aliphatic heterocycles. The van der Waals surface area contributed by atoms with Gasteiger partial charge in [-0.2, -0.15) is 0 Å². The van der Waals surface area contributed by atoms with E-state index in [0.717, 1.165) is 12.5 Å². The van der Waals surface area contributed by atoms with Gasteiger partial charge in [0.25, 0.3) is 0 Å². The molecule has 0 aromatic heterocycles. The lowest BCUT2D eigenvalue weighted by molar-refractivity contribution is 0.0830. The number of nitrogens with one attached hydrogen (secondary N) is 1. The van der Waals surface area contributed by atoms with Crippen LogP contribution >= 0.6 is 15.9 Å². The van der Waals surface area contributed by atoms with Crippen LogP contribution in [0.5, 0.6) is 0 Å². The second-order valence-corrected chi connectivity index (χ2v) is 8.89. The highest BCUT2D eigenvalue weighted by atomic mass is 79.9. The smallest absolute Gasteiger partial charge is 0.0244 e. The first-order valence-corrected chi connectivity index (χ1v) is 10.2. The summed E-state index contributed by atoms with van der Waals surface area (Å²) in [4.78, 5) is 5.14. The summed E-state index contributed by atoms with van der Waals surface area (Å²) in [6.07, 6.45) is 2.57. The monoisotopic (exact) mass is 393 g/mol. The van der Waals surface area contributed by atoms with Gasteiger partial charge in [0, 0.05) is 49.3 Å². The van der Waals surface area contributed by atoms with Crippen LogP contribution < -0.4 is 5.32 Å². The van der Waals surface area contributed by atoms with E-state index in [-0.39, 0.29) is 0 Å². The molecule has 1 saturated heterocycles. The summed E-state index contributed by atoms with van der Waals surface area (Å²) in [6.45, 7) is 10.7. The second kappa shape index (κ2) is 8.31. The minimum Gasteiger partial charge on any atom is -0.312 e. The number of likely N-dealkylation sites (N-methyl/N-ethyl adjacent to an activating group) is 1. The minimum atomic E-state index is 0.672. The normalized spacial score (nSPS) is 27.2. The van der Waals surface area contributed by atoms with Crippen molar-refractivity contribution in [1.29, 1.82) is 0 Å². The Kier molecular flexibility index (Phi) is 6.36. The summed E-state index contributed by atoms with van der Waals surface area (Å²) in [7, 11) is 2.23. The Morgan fingerprint density at radius 2 is 1.71 bits per heavy atom. The van der Waals surface area contributed by atoms with E-state index in [1.807, 2.05) is 0 Å². The van der Waals surface area contributed by atoms with Crippen LogP contribution in [-0.2, 0) is 0 Å². The van der Waals surface area contributed by atoms with Crippen LogP contribution in [0.15, 0.2) is 28.7 Å². The molecule has 2 aliphatic rings. The van der Waals surface area contributed by atoms with Gasteiger partial charge in [0.1, 0.15) is 0 Å². The lowest BCUT2D eigenvalue weighted by atomic mass is 9.76. The Morgan fingerprint density at radius 3 is 2.29 bits per heavy atom. The van der Waals surface area contributed by atoms with E-state index in [2.05, 4.69) is 76.2 Å². The highest BCUT2D eigenvalue weighted by molar-refractivity contribution is 9.10. The lowest BCUT2D eigenvalue weighted by Crippen LogP contribution is -2.55. The molecule has 0 radical (unpaired) electrons. The van der Waals surface area contributed by atoms with Crippen LogP contribution in [0.3, 0.4) is 0 Å². The molecule has 4 heteroatoms. The molecule has 1 N–H and O–H groups in total. The maximum atomic E-state index is 3.86. The fourth-order valence-corrected chi connectivity index (χ4v) is 4.28. The van der Waals surface area contributed by atoms with Crippen molar-refractivity contribution in [2.75, 3.05) is 39.8 Å². The fourth-order valence-electron chi connectivity index (χ4n) is 4.02. The topological polar surface area (TPSA) is 18.5 Å². The maximum Gasteiger partial charge on any atom is 0.0244 e.